The summed E-state index contributed by atoms with van der Waals surface area (Å²) in [6, 6.07) is 3.30. The van der Waals surface area contributed by atoms with Crippen molar-refractivity contribution in [3.63, 3.8) is 0 Å². The highest BCUT2D eigenvalue weighted by Gasteiger charge is 2.16. The van der Waals surface area contributed by atoms with Crippen molar-refractivity contribution in [3.8, 4) is 11.5 Å². The Hall–Kier alpha value is -2.13. The molecule has 1 unspecified atom stereocenters. The Balaban J connectivity index is 2.00. The number of methoxy groups -OCH3 is 2. The van der Waals surface area contributed by atoms with E-state index >= 15 is 0 Å². The molecule has 0 bridgehead atoms. The van der Waals surface area contributed by atoms with Crippen molar-refractivity contribution in [2.45, 2.75) is 11.5 Å². The lowest BCUT2D eigenvalue weighted by Gasteiger charge is -2.15. The second-order valence-electron chi connectivity index (χ2n) is 4.59. The predicted octanol–water partition coefficient (Wildman–Crippen LogP) is 0.967. The number of fused-ring (bicyclic) bond motifs is 1. The van der Waals surface area contributed by atoms with Gasteiger partial charge in [0.1, 0.15) is 17.3 Å². The normalized spacial score (nSPS) is 17.2. The first-order valence-electron chi connectivity index (χ1n) is 6.47. The number of aromatic amines is 1. The summed E-state index contributed by atoms with van der Waals surface area (Å²) in [6.45, 7) is 0.331. The molecule has 0 amide bonds. The Kier molecular flexibility index (Phi) is 3.99. The molecule has 2 aromatic rings. The van der Waals surface area contributed by atoms with Crippen LogP contribution in [0.1, 0.15) is 5.82 Å². The Morgan fingerprint density at radius 3 is 2.68 bits per heavy atom. The maximum absolute atomic E-state index is 12.2. The quantitative estimate of drug-likeness (QED) is 0.617. The van der Waals surface area contributed by atoms with Crippen molar-refractivity contribution in [3.05, 3.63) is 28.3 Å². The molecule has 1 aromatic heterocycles. The van der Waals surface area contributed by atoms with E-state index in [1.807, 2.05) is 0 Å². The predicted molar refractivity (Wildman–Crippen MR) is 85.4 cm³/mol. The molecule has 0 saturated heterocycles. The Labute approximate surface area is 134 Å². The number of alkyl halides is 1. The van der Waals surface area contributed by atoms with E-state index in [0.29, 0.717) is 34.8 Å². The average molecular weight is 368 g/mol. The third-order valence-corrected chi connectivity index (χ3v) is 3.61. The number of hydrazone groups is 1. The third-order valence-electron chi connectivity index (χ3n) is 3.17. The molecule has 1 aliphatic heterocycles. The number of hydrogen-bond donors (Lipinski definition) is 2. The molecule has 116 valence electrons. The molecule has 1 atom stereocenters. The summed E-state index contributed by atoms with van der Waals surface area (Å²) in [4.78, 5) is 19.4. The van der Waals surface area contributed by atoms with Crippen LogP contribution >= 0.6 is 15.9 Å². The first-order valence-corrected chi connectivity index (χ1v) is 7.39. The lowest BCUT2D eigenvalue weighted by atomic mass is 10.2. The SMILES string of the molecule is COc1cc2nc(CN3N=CC(Br)N3)[nH]c(=O)c2cc1OC. The second-order valence-corrected chi connectivity index (χ2v) is 5.58. The first-order chi connectivity index (χ1) is 10.6. The van der Waals surface area contributed by atoms with Gasteiger partial charge in [0.25, 0.3) is 5.56 Å². The van der Waals surface area contributed by atoms with Gasteiger partial charge >= 0.3 is 0 Å². The fraction of sp³-hybridized carbons (Fsp3) is 0.308. The van der Waals surface area contributed by atoms with Crippen molar-refractivity contribution in [2.24, 2.45) is 5.10 Å². The van der Waals surface area contributed by atoms with Crippen LogP contribution in [0.15, 0.2) is 22.0 Å². The fourth-order valence-electron chi connectivity index (χ4n) is 2.17. The smallest absolute Gasteiger partial charge is 0.258 e. The molecule has 22 heavy (non-hydrogen) atoms. The molecular formula is C13H14BrN5O3. The van der Waals surface area contributed by atoms with Gasteiger partial charge in [-0.15, -0.1) is 0 Å². The highest BCUT2D eigenvalue weighted by molar-refractivity contribution is 9.09. The zero-order chi connectivity index (χ0) is 15.7. The molecular weight excluding hydrogens is 354 g/mol. The number of hydrogen-bond acceptors (Lipinski definition) is 7. The maximum atomic E-state index is 12.2. The number of rotatable bonds is 4. The lowest BCUT2D eigenvalue weighted by molar-refractivity contribution is 0.211. The third kappa shape index (κ3) is 2.77. The zero-order valence-corrected chi connectivity index (χ0v) is 13.5. The van der Waals surface area contributed by atoms with E-state index in [-0.39, 0.29) is 10.5 Å². The minimum atomic E-state index is -0.237. The van der Waals surface area contributed by atoms with Gasteiger partial charge in [0, 0.05) is 6.07 Å². The van der Waals surface area contributed by atoms with Crippen LogP contribution in [0.5, 0.6) is 11.5 Å². The van der Waals surface area contributed by atoms with Crippen LogP contribution in [-0.2, 0) is 6.54 Å². The number of aromatic nitrogens is 2. The molecule has 9 heteroatoms. The van der Waals surface area contributed by atoms with Gasteiger partial charge in [-0.1, -0.05) is 15.9 Å². The van der Waals surface area contributed by atoms with Gasteiger partial charge in [0.2, 0.25) is 0 Å². The van der Waals surface area contributed by atoms with Gasteiger partial charge in [-0.25, -0.2) is 10.1 Å². The van der Waals surface area contributed by atoms with Crippen LogP contribution in [0.2, 0.25) is 0 Å². The molecule has 0 saturated carbocycles. The number of benzene rings is 1. The lowest BCUT2D eigenvalue weighted by Crippen LogP contribution is -2.33. The van der Waals surface area contributed by atoms with Crippen molar-refractivity contribution in [2.75, 3.05) is 14.2 Å². The molecule has 0 aliphatic carbocycles. The van der Waals surface area contributed by atoms with E-state index in [1.54, 1.807) is 23.5 Å². The number of halogens is 1. The van der Waals surface area contributed by atoms with Crippen LogP contribution in [0.4, 0.5) is 0 Å². The van der Waals surface area contributed by atoms with Gasteiger partial charge in [0.05, 0.1) is 31.3 Å². The molecule has 0 radical (unpaired) electrons. The van der Waals surface area contributed by atoms with Crippen molar-refractivity contribution < 1.29 is 9.47 Å². The first kappa shape index (κ1) is 14.8. The number of ether oxygens (including phenoxy) is 2. The van der Waals surface area contributed by atoms with E-state index in [0.717, 1.165) is 0 Å². The molecule has 8 nitrogen and oxygen atoms in total. The van der Waals surface area contributed by atoms with Gasteiger partial charge in [0.15, 0.2) is 11.5 Å². The molecule has 1 aromatic carbocycles. The van der Waals surface area contributed by atoms with E-state index in [2.05, 4.69) is 36.4 Å². The Morgan fingerprint density at radius 2 is 2.05 bits per heavy atom. The topological polar surface area (TPSA) is 91.8 Å². The van der Waals surface area contributed by atoms with Crippen LogP contribution < -0.4 is 20.5 Å². The monoisotopic (exact) mass is 367 g/mol. The average Bonchev–Trinajstić information content (AvgIpc) is 2.91. The van der Waals surface area contributed by atoms with E-state index < -0.39 is 0 Å². The van der Waals surface area contributed by atoms with Crippen molar-refractivity contribution >= 4 is 33.0 Å². The highest BCUT2D eigenvalue weighted by Crippen LogP contribution is 2.29. The summed E-state index contributed by atoms with van der Waals surface area (Å²) in [7, 11) is 3.06. The van der Waals surface area contributed by atoms with Gasteiger partial charge in [-0.2, -0.15) is 10.5 Å². The standard InChI is InChI=1S/C13H14BrN5O3/c1-21-9-3-7-8(4-10(9)22-2)16-12(17-13(7)20)6-19-15-5-11(14)18-19/h3-5,11,18H,6H2,1-2H3,(H,16,17,20). The number of hydrazine groups is 1. The number of nitrogens with zero attached hydrogens (tertiary/aromatic N) is 3. The second kappa shape index (κ2) is 5.93. The molecule has 0 spiro atoms. The van der Waals surface area contributed by atoms with Crippen molar-refractivity contribution in [1.29, 1.82) is 0 Å². The molecule has 3 rings (SSSR count). The highest BCUT2D eigenvalue weighted by atomic mass is 79.9. The van der Waals surface area contributed by atoms with Crippen molar-refractivity contribution in [1.82, 2.24) is 20.5 Å². The maximum Gasteiger partial charge on any atom is 0.258 e. The summed E-state index contributed by atoms with van der Waals surface area (Å²) < 4.78 is 10.4. The van der Waals surface area contributed by atoms with Gasteiger partial charge in [-0.3, -0.25) is 4.79 Å². The Bertz CT molecular complexity index is 791. The van der Waals surface area contributed by atoms with Gasteiger partial charge in [-0.05, 0) is 6.07 Å². The van der Waals surface area contributed by atoms with E-state index in [4.69, 9.17) is 9.47 Å². The zero-order valence-electron chi connectivity index (χ0n) is 12.0. The summed E-state index contributed by atoms with van der Waals surface area (Å²) in [5.74, 6) is 1.51. The largest absolute Gasteiger partial charge is 0.493 e. The molecule has 0 fully saturated rings. The summed E-state index contributed by atoms with van der Waals surface area (Å²) >= 11 is 3.36. The van der Waals surface area contributed by atoms with Crippen LogP contribution in [0, 0.1) is 0 Å². The molecule has 1 aliphatic rings. The van der Waals surface area contributed by atoms with Crippen LogP contribution in [-0.4, -0.2) is 40.5 Å². The number of H-pyrrole nitrogens is 1. The Morgan fingerprint density at radius 1 is 1.32 bits per heavy atom. The van der Waals surface area contributed by atoms with Crippen LogP contribution in [0.3, 0.4) is 0 Å². The molecule has 2 heterocycles. The van der Waals surface area contributed by atoms with Crippen LogP contribution in [0.25, 0.3) is 10.9 Å². The fourth-order valence-corrected chi connectivity index (χ4v) is 2.51. The minimum absolute atomic E-state index is 0.0240. The van der Waals surface area contributed by atoms with Gasteiger partial charge < -0.3 is 14.5 Å². The summed E-state index contributed by atoms with van der Waals surface area (Å²) in [6.07, 6.45) is 1.70. The van der Waals surface area contributed by atoms with E-state index in [1.165, 1.54) is 14.2 Å². The molecule has 2 N–H and O–H groups in total. The summed E-state index contributed by atoms with van der Waals surface area (Å²) in [5.41, 5.74) is 3.33. The summed E-state index contributed by atoms with van der Waals surface area (Å²) in [5, 5.41) is 6.16. The van der Waals surface area contributed by atoms with E-state index in [9.17, 15) is 4.79 Å². The minimum Gasteiger partial charge on any atom is -0.493 e. The number of nitrogens with one attached hydrogen (secondary N) is 2.